The zero-order chi connectivity index (χ0) is 20.5. The zero-order valence-corrected chi connectivity index (χ0v) is 16.3. The summed E-state index contributed by atoms with van der Waals surface area (Å²) in [5.41, 5.74) is 4.79. The van der Waals surface area contributed by atoms with Gasteiger partial charge in [0.05, 0.1) is 20.4 Å². The fraction of sp³-hybridized carbons (Fsp3) is 0.130. The van der Waals surface area contributed by atoms with Crippen molar-refractivity contribution in [1.82, 2.24) is 5.43 Å². The lowest BCUT2D eigenvalue weighted by atomic mass is 10.2. The molecule has 0 heterocycles. The van der Waals surface area contributed by atoms with E-state index in [0.29, 0.717) is 29.4 Å². The third kappa shape index (κ3) is 5.59. The van der Waals surface area contributed by atoms with Gasteiger partial charge in [0.1, 0.15) is 23.9 Å². The van der Waals surface area contributed by atoms with Gasteiger partial charge in [-0.1, -0.05) is 30.3 Å². The first kappa shape index (κ1) is 19.9. The molecular formula is C23H22N2O4. The summed E-state index contributed by atoms with van der Waals surface area (Å²) in [5.74, 6) is 1.65. The van der Waals surface area contributed by atoms with Crippen molar-refractivity contribution in [2.45, 2.75) is 6.61 Å². The summed E-state index contributed by atoms with van der Waals surface area (Å²) < 4.78 is 16.2. The zero-order valence-electron chi connectivity index (χ0n) is 16.3. The van der Waals surface area contributed by atoms with Crippen molar-refractivity contribution >= 4 is 12.1 Å². The molecule has 6 heteroatoms. The van der Waals surface area contributed by atoms with E-state index < -0.39 is 0 Å². The SMILES string of the molecule is COc1ccc(/C=N\NC(=O)c2ccc(OCc3ccccc3)cc2)c(OC)c1. The topological polar surface area (TPSA) is 69.2 Å². The predicted molar refractivity (Wildman–Crippen MR) is 112 cm³/mol. The molecular weight excluding hydrogens is 368 g/mol. The summed E-state index contributed by atoms with van der Waals surface area (Å²) in [6.07, 6.45) is 1.52. The Morgan fingerprint density at radius 2 is 1.66 bits per heavy atom. The molecule has 0 aromatic heterocycles. The molecule has 3 aromatic rings. The van der Waals surface area contributed by atoms with Crippen LogP contribution < -0.4 is 19.6 Å². The molecule has 0 radical (unpaired) electrons. The van der Waals surface area contributed by atoms with Crippen LogP contribution in [0.5, 0.6) is 17.2 Å². The Morgan fingerprint density at radius 1 is 0.931 bits per heavy atom. The number of carbonyl (C=O) groups excluding carboxylic acids is 1. The Labute approximate surface area is 169 Å². The first-order chi connectivity index (χ1) is 14.2. The van der Waals surface area contributed by atoms with Gasteiger partial charge >= 0.3 is 0 Å². The van der Waals surface area contributed by atoms with Crippen LogP contribution in [0.25, 0.3) is 0 Å². The molecule has 1 N–H and O–H groups in total. The summed E-state index contributed by atoms with van der Waals surface area (Å²) in [6.45, 7) is 0.473. The van der Waals surface area contributed by atoms with Crippen molar-refractivity contribution in [2.24, 2.45) is 5.10 Å². The van der Waals surface area contributed by atoms with Gasteiger partial charge in [0.2, 0.25) is 0 Å². The first-order valence-electron chi connectivity index (χ1n) is 9.02. The normalized spacial score (nSPS) is 10.6. The largest absolute Gasteiger partial charge is 0.497 e. The van der Waals surface area contributed by atoms with E-state index in [4.69, 9.17) is 14.2 Å². The molecule has 0 atom stereocenters. The molecule has 0 bridgehead atoms. The summed E-state index contributed by atoms with van der Waals surface area (Å²) in [7, 11) is 3.15. The Hall–Kier alpha value is -3.80. The molecule has 0 saturated carbocycles. The molecule has 29 heavy (non-hydrogen) atoms. The van der Waals surface area contributed by atoms with Gasteiger partial charge in [0.15, 0.2) is 0 Å². The van der Waals surface area contributed by atoms with Gasteiger partial charge in [0.25, 0.3) is 5.91 Å². The number of nitrogens with one attached hydrogen (secondary N) is 1. The quantitative estimate of drug-likeness (QED) is 0.465. The summed E-state index contributed by atoms with van der Waals surface area (Å²) in [5, 5.41) is 4.00. The van der Waals surface area contributed by atoms with Gasteiger partial charge in [-0.25, -0.2) is 5.43 Å². The minimum atomic E-state index is -0.316. The van der Waals surface area contributed by atoms with Crippen LogP contribution in [0.4, 0.5) is 0 Å². The van der Waals surface area contributed by atoms with Gasteiger partial charge in [0, 0.05) is 17.2 Å². The number of nitrogens with zero attached hydrogens (tertiary/aromatic N) is 1. The van der Waals surface area contributed by atoms with Crippen molar-refractivity contribution < 1.29 is 19.0 Å². The summed E-state index contributed by atoms with van der Waals surface area (Å²) in [6, 6.07) is 22.1. The smallest absolute Gasteiger partial charge is 0.271 e. The van der Waals surface area contributed by atoms with E-state index in [1.807, 2.05) is 30.3 Å². The number of hydrogen-bond acceptors (Lipinski definition) is 5. The number of carbonyl (C=O) groups is 1. The van der Waals surface area contributed by atoms with Crippen molar-refractivity contribution in [1.29, 1.82) is 0 Å². The van der Waals surface area contributed by atoms with Crippen LogP contribution >= 0.6 is 0 Å². The van der Waals surface area contributed by atoms with E-state index in [9.17, 15) is 4.79 Å². The fourth-order valence-corrected chi connectivity index (χ4v) is 2.59. The number of amides is 1. The van der Waals surface area contributed by atoms with Crippen LogP contribution in [0.2, 0.25) is 0 Å². The lowest BCUT2D eigenvalue weighted by Crippen LogP contribution is -2.17. The van der Waals surface area contributed by atoms with E-state index in [-0.39, 0.29) is 5.91 Å². The Morgan fingerprint density at radius 3 is 2.34 bits per heavy atom. The number of ether oxygens (including phenoxy) is 3. The molecule has 0 aliphatic carbocycles. The molecule has 0 unspecified atom stereocenters. The van der Waals surface area contributed by atoms with E-state index in [1.54, 1.807) is 56.7 Å². The van der Waals surface area contributed by atoms with Crippen LogP contribution in [0.1, 0.15) is 21.5 Å². The number of rotatable bonds is 8. The van der Waals surface area contributed by atoms with Gasteiger partial charge in [-0.15, -0.1) is 0 Å². The molecule has 148 valence electrons. The van der Waals surface area contributed by atoms with E-state index in [1.165, 1.54) is 6.21 Å². The highest BCUT2D eigenvalue weighted by Gasteiger charge is 2.06. The molecule has 0 aliphatic heterocycles. The van der Waals surface area contributed by atoms with Gasteiger partial charge in [-0.05, 0) is 42.0 Å². The van der Waals surface area contributed by atoms with Crippen molar-refractivity contribution in [2.75, 3.05) is 14.2 Å². The molecule has 0 fully saturated rings. The van der Waals surface area contributed by atoms with E-state index >= 15 is 0 Å². The Kier molecular flexibility index (Phi) is 6.84. The van der Waals surface area contributed by atoms with Crippen molar-refractivity contribution in [3.63, 3.8) is 0 Å². The lowest BCUT2D eigenvalue weighted by Gasteiger charge is -2.07. The van der Waals surface area contributed by atoms with Gasteiger partial charge < -0.3 is 14.2 Å². The maximum Gasteiger partial charge on any atom is 0.271 e. The first-order valence-corrected chi connectivity index (χ1v) is 9.02. The monoisotopic (exact) mass is 390 g/mol. The van der Waals surface area contributed by atoms with Gasteiger partial charge in [-0.3, -0.25) is 4.79 Å². The minimum absolute atomic E-state index is 0.316. The van der Waals surface area contributed by atoms with E-state index in [2.05, 4.69) is 10.5 Å². The number of hydrogen-bond donors (Lipinski definition) is 1. The molecule has 0 saturated heterocycles. The third-order valence-electron chi connectivity index (χ3n) is 4.18. The van der Waals surface area contributed by atoms with Gasteiger partial charge in [-0.2, -0.15) is 5.10 Å². The Bertz CT molecular complexity index is 970. The fourth-order valence-electron chi connectivity index (χ4n) is 2.59. The standard InChI is InChI=1S/C23H22N2O4/c1-27-21-13-10-19(22(14-21)28-2)15-24-25-23(26)18-8-11-20(12-9-18)29-16-17-6-4-3-5-7-17/h3-15H,16H2,1-2H3,(H,25,26)/b24-15-. The maximum atomic E-state index is 12.3. The molecule has 3 aromatic carbocycles. The highest BCUT2D eigenvalue weighted by molar-refractivity contribution is 5.95. The lowest BCUT2D eigenvalue weighted by molar-refractivity contribution is 0.0955. The second-order valence-corrected chi connectivity index (χ2v) is 6.11. The third-order valence-corrected chi connectivity index (χ3v) is 4.18. The van der Waals surface area contributed by atoms with Crippen LogP contribution in [-0.4, -0.2) is 26.3 Å². The molecule has 0 aliphatic rings. The van der Waals surface area contributed by atoms with Crippen molar-refractivity contribution in [3.05, 3.63) is 89.5 Å². The summed E-state index contributed by atoms with van der Waals surface area (Å²) >= 11 is 0. The highest BCUT2D eigenvalue weighted by Crippen LogP contribution is 2.23. The van der Waals surface area contributed by atoms with E-state index in [0.717, 1.165) is 11.1 Å². The minimum Gasteiger partial charge on any atom is -0.497 e. The predicted octanol–water partition coefficient (Wildman–Crippen LogP) is 4.05. The highest BCUT2D eigenvalue weighted by atomic mass is 16.5. The van der Waals surface area contributed by atoms with Crippen LogP contribution in [0.15, 0.2) is 77.9 Å². The van der Waals surface area contributed by atoms with Crippen LogP contribution in [0, 0.1) is 0 Å². The van der Waals surface area contributed by atoms with Crippen molar-refractivity contribution in [3.8, 4) is 17.2 Å². The van der Waals surface area contributed by atoms with Crippen LogP contribution in [-0.2, 0) is 6.61 Å². The summed E-state index contributed by atoms with van der Waals surface area (Å²) in [4.78, 5) is 12.3. The second kappa shape index (κ2) is 9.94. The molecule has 6 nitrogen and oxygen atoms in total. The number of hydrazone groups is 1. The average molecular weight is 390 g/mol. The molecule has 0 spiro atoms. The Balaban J connectivity index is 1.56. The number of benzene rings is 3. The maximum absolute atomic E-state index is 12.3. The second-order valence-electron chi connectivity index (χ2n) is 6.11. The van der Waals surface area contributed by atoms with Crippen LogP contribution in [0.3, 0.4) is 0 Å². The average Bonchev–Trinajstić information content (AvgIpc) is 2.78. The molecule has 1 amide bonds. The number of methoxy groups -OCH3 is 2. The molecule has 3 rings (SSSR count).